The molecule has 0 saturated carbocycles. The lowest BCUT2D eigenvalue weighted by Crippen LogP contribution is -2.17. The van der Waals surface area contributed by atoms with Crippen molar-refractivity contribution in [2.24, 2.45) is 0 Å². The molecule has 0 aliphatic heterocycles. The first-order chi connectivity index (χ1) is 9.37. The molecule has 1 heterocycles. The normalized spacial score (nSPS) is 10.4. The number of pyridine rings is 1. The molecule has 1 aromatic heterocycles. The van der Waals surface area contributed by atoms with E-state index in [9.17, 15) is 9.90 Å². The number of aliphatic hydroxyl groups is 1. The Bertz CT molecular complexity index is 524. The topological polar surface area (TPSA) is 62.7 Å². The fourth-order valence-corrected chi connectivity index (χ4v) is 1.35. The molecular weight excluding hydrogens is 256 g/mol. The number of hydrogen-bond acceptors (Lipinski definition) is 4. The summed E-state index contributed by atoms with van der Waals surface area (Å²) in [6, 6.07) is 3.43. The summed E-state index contributed by atoms with van der Waals surface area (Å²) in [6.45, 7) is 5.74. The lowest BCUT2D eigenvalue weighted by molar-refractivity contribution is -0.107. The summed E-state index contributed by atoms with van der Waals surface area (Å²) >= 11 is 0. The van der Waals surface area contributed by atoms with Gasteiger partial charge in [0.2, 0.25) is 6.41 Å². The Balaban J connectivity index is 3.12. The number of carbonyl (C=O) groups excluding carboxylic acids is 1. The van der Waals surface area contributed by atoms with E-state index in [4.69, 9.17) is 4.74 Å². The predicted octanol–water partition coefficient (Wildman–Crippen LogP) is 1.59. The number of carbonyl (C=O) groups is 1. The third kappa shape index (κ3) is 4.90. The lowest BCUT2D eigenvalue weighted by atomic mass is 10.1. The van der Waals surface area contributed by atoms with E-state index in [0.29, 0.717) is 30.3 Å². The van der Waals surface area contributed by atoms with Crippen molar-refractivity contribution in [3.8, 4) is 17.6 Å². The van der Waals surface area contributed by atoms with E-state index >= 15 is 0 Å². The van der Waals surface area contributed by atoms with Crippen LogP contribution in [0.5, 0.6) is 5.75 Å². The van der Waals surface area contributed by atoms with Crippen molar-refractivity contribution in [1.82, 2.24) is 4.98 Å². The maximum Gasteiger partial charge on any atom is 0.215 e. The molecule has 5 heteroatoms. The number of amides is 1. The Morgan fingerprint density at radius 2 is 2.20 bits per heavy atom. The van der Waals surface area contributed by atoms with Crippen molar-refractivity contribution in [3.05, 3.63) is 17.8 Å². The fourth-order valence-electron chi connectivity index (χ4n) is 1.35. The van der Waals surface area contributed by atoms with Gasteiger partial charge in [-0.15, -0.1) is 0 Å². The van der Waals surface area contributed by atoms with Crippen LogP contribution in [0.1, 0.15) is 32.9 Å². The molecule has 0 bridgehead atoms. The van der Waals surface area contributed by atoms with Gasteiger partial charge in [-0.3, -0.25) is 9.69 Å². The average molecular weight is 276 g/mol. The molecule has 0 spiro atoms. The van der Waals surface area contributed by atoms with E-state index in [1.54, 1.807) is 33.0 Å². The van der Waals surface area contributed by atoms with Crippen LogP contribution in [0.15, 0.2) is 12.1 Å². The third-order valence-electron chi connectivity index (χ3n) is 2.29. The Hall–Kier alpha value is -2.06. The Labute approximate surface area is 119 Å². The zero-order valence-electron chi connectivity index (χ0n) is 12.3. The first kappa shape index (κ1) is 16.0. The molecule has 0 fully saturated rings. The van der Waals surface area contributed by atoms with Gasteiger partial charge < -0.3 is 9.84 Å². The Morgan fingerprint density at radius 1 is 1.50 bits per heavy atom. The first-order valence-electron chi connectivity index (χ1n) is 6.45. The SMILES string of the molecule is CCCOc1ccc(C#CC(C)(C)O)nc1N(C)C=O. The van der Waals surface area contributed by atoms with Crippen LogP contribution in [0.3, 0.4) is 0 Å². The molecule has 0 saturated heterocycles. The van der Waals surface area contributed by atoms with E-state index in [1.165, 1.54) is 4.90 Å². The van der Waals surface area contributed by atoms with Gasteiger partial charge in [0.15, 0.2) is 11.6 Å². The summed E-state index contributed by atoms with van der Waals surface area (Å²) < 4.78 is 5.55. The molecule has 1 amide bonds. The second-order valence-corrected chi connectivity index (χ2v) is 4.89. The lowest BCUT2D eigenvalue weighted by Gasteiger charge is -2.15. The molecule has 1 aromatic rings. The molecule has 20 heavy (non-hydrogen) atoms. The minimum absolute atomic E-state index is 0.413. The number of anilines is 1. The first-order valence-corrected chi connectivity index (χ1v) is 6.45. The second-order valence-electron chi connectivity index (χ2n) is 4.89. The van der Waals surface area contributed by atoms with Crippen LogP contribution >= 0.6 is 0 Å². The molecule has 1 N–H and O–H groups in total. The van der Waals surface area contributed by atoms with Crippen LogP contribution in [0.2, 0.25) is 0 Å². The van der Waals surface area contributed by atoms with Gasteiger partial charge in [-0.1, -0.05) is 12.8 Å². The van der Waals surface area contributed by atoms with Gasteiger partial charge in [-0.05, 0) is 38.3 Å². The van der Waals surface area contributed by atoms with Gasteiger partial charge in [0.05, 0.1) is 6.61 Å². The van der Waals surface area contributed by atoms with Crippen LogP contribution in [0.25, 0.3) is 0 Å². The molecule has 0 radical (unpaired) electrons. The van der Waals surface area contributed by atoms with Crippen molar-refractivity contribution >= 4 is 12.2 Å². The zero-order chi connectivity index (χ0) is 15.2. The zero-order valence-corrected chi connectivity index (χ0v) is 12.3. The van der Waals surface area contributed by atoms with Crippen molar-refractivity contribution < 1.29 is 14.6 Å². The highest BCUT2D eigenvalue weighted by Crippen LogP contribution is 2.24. The highest BCUT2D eigenvalue weighted by atomic mass is 16.5. The van der Waals surface area contributed by atoms with Gasteiger partial charge in [0.1, 0.15) is 11.3 Å². The minimum atomic E-state index is -1.09. The maximum atomic E-state index is 10.9. The van der Waals surface area contributed by atoms with Crippen LogP contribution in [0, 0.1) is 11.8 Å². The second kappa shape index (κ2) is 6.92. The molecule has 1 rings (SSSR count). The quantitative estimate of drug-likeness (QED) is 0.655. The Morgan fingerprint density at radius 3 is 2.75 bits per heavy atom. The van der Waals surface area contributed by atoms with Crippen molar-refractivity contribution in [2.75, 3.05) is 18.6 Å². The number of ether oxygens (including phenoxy) is 1. The van der Waals surface area contributed by atoms with Crippen molar-refractivity contribution in [1.29, 1.82) is 0 Å². The fraction of sp³-hybridized carbons (Fsp3) is 0.467. The number of nitrogens with zero attached hydrogens (tertiary/aromatic N) is 2. The molecule has 0 unspecified atom stereocenters. The maximum absolute atomic E-state index is 10.9. The summed E-state index contributed by atoms with van der Waals surface area (Å²) in [5.41, 5.74) is -0.616. The summed E-state index contributed by atoms with van der Waals surface area (Å²) in [4.78, 5) is 16.5. The molecule has 0 atom stereocenters. The molecule has 5 nitrogen and oxygen atoms in total. The number of hydrogen-bond donors (Lipinski definition) is 1. The highest BCUT2D eigenvalue weighted by molar-refractivity contribution is 5.75. The van der Waals surface area contributed by atoms with E-state index in [1.807, 2.05) is 6.92 Å². The Kier molecular flexibility index (Phi) is 5.53. The van der Waals surface area contributed by atoms with E-state index in [0.717, 1.165) is 6.42 Å². The minimum Gasteiger partial charge on any atom is -0.490 e. The van der Waals surface area contributed by atoms with Crippen LogP contribution in [-0.4, -0.2) is 35.8 Å². The van der Waals surface area contributed by atoms with Crippen LogP contribution in [0.4, 0.5) is 5.82 Å². The largest absolute Gasteiger partial charge is 0.490 e. The molecular formula is C15H20N2O3. The number of aromatic nitrogens is 1. The van der Waals surface area contributed by atoms with Crippen LogP contribution < -0.4 is 9.64 Å². The number of rotatable bonds is 5. The summed E-state index contributed by atoms with van der Waals surface area (Å²) in [5, 5.41) is 9.58. The van der Waals surface area contributed by atoms with Gasteiger partial charge in [0.25, 0.3) is 0 Å². The summed E-state index contributed by atoms with van der Waals surface area (Å²) in [5.74, 6) is 6.41. The van der Waals surface area contributed by atoms with E-state index in [2.05, 4.69) is 16.8 Å². The highest BCUT2D eigenvalue weighted by Gasteiger charge is 2.11. The summed E-state index contributed by atoms with van der Waals surface area (Å²) in [6.07, 6.45) is 1.53. The smallest absolute Gasteiger partial charge is 0.215 e. The molecule has 0 aromatic carbocycles. The van der Waals surface area contributed by atoms with E-state index < -0.39 is 5.60 Å². The van der Waals surface area contributed by atoms with Gasteiger partial charge >= 0.3 is 0 Å². The summed E-state index contributed by atoms with van der Waals surface area (Å²) in [7, 11) is 1.60. The van der Waals surface area contributed by atoms with Crippen LogP contribution in [-0.2, 0) is 4.79 Å². The predicted molar refractivity (Wildman–Crippen MR) is 77.7 cm³/mol. The standard InChI is InChI=1S/C15H20N2O3/c1-5-10-20-13-7-6-12(8-9-15(2,3)19)16-14(13)17(4)11-18/h6-7,11,19H,5,10H2,1-4H3. The molecule has 0 aliphatic rings. The molecule has 0 aliphatic carbocycles. The molecule has 108 valence electrons. The van der Waals surface area contributed by atoms with E-state index in [-0.39, 0.29) is 0 Å². The average Bonchev–Trinajstić information content (AvgIpc) is 2.41. The monoisotopic (exact) mass is 276 g/mol. The van der Waals surface area contributed by atoms with Gasteiger partial charge in [-0.2, -0.15) is 0 Å². The third-order valence-corrected chi connectivity index (χ3v) is 2.29. The van der Waals surface area contributed by atoms with Crippen molar-refractivity contribution in [3.63, 3.8) is 0 Å². The van der Waals surface area contributed by atoms with Gasteiger partial charge in [0, 0.05) is 7.05 Å². The van der Waals surface area contributed by atoms with Crippen molar-refractivity contribution in [2.45, 2.75) is 32.8 Å². The van der Waals surface area contributed by atoms with Gasteiger partial charge in [-0.25, -0.2) is 4.98 Å².